The number of carbonyl (C=O) groups is 1. The SMILES string of the molecule is CC/C=C\C/C=C\C/C=C\C/C=C\CCCCCCCCCCC(=O)OCC1OC(OC2CCC3(C)C(=CCC4C3CCC3(C)C(C(C)CCCC(C)C)CCC43)C2)C(O)C(O)C1O. The van der Waals surface area contributed by atoms with Crippen molar-refractivity contribution in [2.45, 2.75) is 239 Å². The highest BCUT2D eigenvalue weighted by Crippen LogP contribution is 2.67. The molecule has 0 radical (unpaired) electrons. The maximum absolute atomic E-state index is 12.7. The Morgan fingerprint density at radius 2 is 1.41 bits per heavy atom. The van der Waals surface area contributed by atoms with Gasteiger partial charge in [0.1, 0.15) is 31.0 Å². The molecule has 0 aromatic rings. The number of unbranched alkanes of at least 4 members (excludes halogenated alkanes) is 8. The molecule has 5 aliphatic rings. The van der Waals surface area contributed by atoms with Crippen LogP contribution in [0.25, 0.3) is 0 Å². The van der Waals surface area contributed by atoms with Gasteiger partial charge in [0.05, 0.1) is 6.10 Å². The van der Waals surface area contributed by atoms with Crippen molar-refractivity contribution in [3.63, 3.8) is 0 Å². The third-order valence-electron chi connectivity index (χ3n) is 16.9. The van der Waals surface area contributed by atoms with Crippen LogP contribution in [-0.2, 0) is 19.0 Å². The van der Waals surface area contributed by atoms with E-state index in [1.807, 2.05) is 0 Å². The van der Waals surface area contributed by atoms with Crippen LogP contribution in [-0.4, -0.2) is 64.7 Å². The number of rotatable bonds is 27. The van der Waals surface area contributed by atoms with Gasteiger partial charge in [-0.05, 0) is 143 Å². The fraction of sp³-hybridized carbons (Fsp3) is 0.807. The molecule has 3 saturated carbocycles. The Labute approximate surface area is 391 Å². The fourth-order valence-electron chi connectivity index (χ4n) is 13.1. The Bertz CT molecular complexity index is 1510. The van der Waals surface area contributed by atoms with E-state index in [1.165, 1.54) is 82.6 Å². The summed E-state index contributed by atoms with van der Waals surface area (Å²) in [6.45, 7) is 14.4. The molecule has 5 rings (SSSR count). The largest absolute Gasteiger partial charge is 0.463 e. The molecule has 3 N–H and O–H groups in total. The highest BCUT2D eigenvalue weighted by molar-refractivity contribution is 5.69. The maximum atomic E-state index is 12.7. The van der Waals surface area contributed by atoms with Gasteiger partial charge in [-0.25, -0.2) is 0 Å². The minimum atomic E-state index is -1.45. The number of fused-ring (bicyclic) bond motifs is 5. The smallest absolute Gasteiger partial charge is 0.305 e. The van der Waals surface area contributed by atoms with Gasteiger partial charge in [-0.15, -0.1) is 0 Å². The molecule has 364 valence electrons. The van der Waals surface area contributed by atoms with Gasteiger partial charge >= 0.3 is 5.97 Å². The number of aliphatic hydroxyl groups is 3. The van der Waals surface area contributed by atoms with Gasteiger partial charge in [0.15, 0.2) is 6.29 Å². The van der Waals surface area contributed by atoms with Crippen molar-refractivity contribution in [2.24, 2.45) is 46.3 Å². The second-order valence-electron chi connectivity index (χ2n) is 21.9. The van der Waals surface area contributed by atoms with Crippen molar-refractivity contribution in [1.82, 2.24) is 0 Å². The van der Waals surface area contributed by atoms with Crippen LogP contribution in [0, 0.1) is 46.3 Å². The summed E-state index contributed by atoms with van der Waals surface area (Å²) in [5, 5.41) is 32.6. The standard InChI is InChI=1S/C57H94O7/c1-7-8-9-10-11-12-13-14-15-16-17-18-19-20-21-22-23-24-25-26-27-31-51(58)62-41-50-52(59)53(60)54(61)55(64-50)63-45-36-38-56(5)44(40-45)32-33-46-48-35-34-47(43(4)30-28-29-42(2)3)57(48,6)39-37-49(46)56/h8-9,11-12,14-15,17-18,32,42-43,45-50,52-55,59-61H,7,10,13,16,19-31,33-41H2,1-6H3/b9-8-,12-11-,15-14-,18-17-. The van der Waals surface area contributed by atoms with Crippen molar-refractivity contribution in [3.8, 4) is 0 Å². The molecular weight excluding hydrogens is 797 g/mol. The van der Waals surface area contributed by atoms with E-state index in [9.17, 15) is 20.1 Å². The van der Waals surface area contributed by atoms with E-state index >= 15 is 0 Å². The van der Waals surface area contributed by atoms with E-state index in [0.717, 1.165) is 107 Å². The van der Waals surface area contributed by atoms with Gasteiger partial charge in [-0.1, -0.05) is 160 Å². The number of esters is 1. The highest BCUT2D eigenvalue weighted by Gasteiger charge is 2.59. The third kappa shape index (κ3) is 15.0. The summed E-state index contributed by atoms with van der Waals surface area (Å²) >= 11 is 0. The molecule has 0 aromatic carbocycles. The van der Waals surface area contributed by atoms with Crippen molar-refractivity contribution >= 4 is 5.97 Å². The van der Waals surface area contributed by atoms with Crippen LogP contribution in [0.5, 0.6) is 0 Å². The number of hydrogen-bond donors (Lipinski definition) is 3. The molecular formula is C57H94O7. The summed E-state index contributed by atoms with van der Waals surface area (Å²) in [7, 11) is 0. The van der Waals surface area contributed by atoms with Crippen LogP contribution in [0.4, 0.5) is 0 Å². The second kappa shape index (κ2) is 27.1. The zero-order valence-corrected chi connectivity index (χ0v) is 41.5. The monoisotopic (exact) mass is 891 g/mol. The first-order valence-corrected chi connectivity index (χ1v) is 26.7. The second-order valence-corrected chi connectivity index (χ2v) is 21.9. The van der Waals surface area contributed by atoms with Gasteiger partial charge in [-0.2, -0.15) is 0 Å². The van der Waals surface area contributed by atoms with Gasteiger partial charge in [0.25, 0.3) is 0 Å². The number of aliphatic hydroxyl groups excluding tert-OH is 3. The van der Waals surface area contributed by atoms with E-state index in [1.54, 1.807) is 0 Å². The first-order chi connectivity index (χ1) is 30.9. The zero-order chi connectivity index (χ0) is 46.0. The van der Waals surface area contributed by atoms with E-state index in [0.29, 0.717) is 17.8 Å². The zero-order valence-electron chi connectivity index (χ0n) is 41.5. The maximum Gasteiger partial charge on any atom is 0.305 e. The summed E-state index contributed by atoms with van der Waals surface area (Å²) < 4.78 is 18.1. The Kier molecular flexibility index (Phi) is 22.4. The lowest BCUT2D eigenvalue weighted by molar-refractivity contribution is -0.313. The van der Waals surface area contributed by atoms with E-state index in [-0.39, 0.29) is 24.1 Å². The molecule has 0 spiro atoms. The highest BCUT2D eigenvalue weighted by atomic mass is 16.7. The van der Waals surface area contributed by atoms with Gasteiger partial charge < -0.3 is 29.5 Å². The lowest BCUT2D eigenvalue weighted by atomic mass is 9.47. The normalized spacial score (nSPS) is 34.8. The molecule has 4 aliphatic carbocycles. The van der Waals surface area contributed by atoms with Crippen LogP contribution < -0.4 is 0 Å². The number of ether oxygens (including phenoxy) is 3. The topological polar surface area (TPSA) is 105 Å². The molecule has 4 fully saturated rings. The molecule has 64 heavy (non-hydrogen) atoms. The lowest BCUT2D eigenvalue weighted by Crippen LogP contribution is -2.60. The Hall–Kier alpha value is -2.03. The Morgan fingerprint density at radius 1 is 0.750 bits per heavy atom. The van der Waals surface area contributed by atoms with E-state index in [4.69, 9.17) is 14.2 Å². The third-order valence-corrected chi connectivity index (χ3v) is 16.9. The molecule has 7 heteroatoms. The van der Waals surface area contributed by atoms with Crippen molar-refractivity contribution in [2.75, 3.05) is 6.61 Å². The van der Waals surface area contributed by atoms with Gasteiger partial charge in [0, 0.05) is 6.42 Å². The molecule has 7 nitrogen and oxygen atoms in total. The predicted octanol–water partition coefficient (Wildman–Crippen LogP) is 13.5. The molecule has 1 heterocycles. The van der Waals surface area contributed by atoms with Gasteiger partial charge in [0.2, 0.25) is 0 Å². The summed E-state index contributed by atoms with van der Waals surface area (Å²) in [5.74, 6) is 4.41. The molecule has 0 bridgehead atoms. The molecule has 0 amide bonds. The summed E-state index contributed by atoms with van der Waals surface area (Å²) in [6, 6.07) is 0. The van der Waals surface area contributed by atoms with Crippen molar-refractivity contribution < 1.29 is 34.3 Å². The van der Waals surface area contributed by atoms with Crippen LogP contribution in [0.1, 0.15) is 202 Å². The lowest BCUT2D eigenvalue weighted by Gasteiger charge is -2.58. The van der Waals surface area contributed by atoms with Crippen LogP contribution in [0.3, 0.4) is 0 Å². The Balaban J connectivity index is 0.946. The van der Waals surface area contributed by atoms with Crippen LogP contribution in [0.15, 0.2) is 60.3 Å². The van der Waals surface area contributed by atoms with Crippen LogP contribution >= 0.6 is 0 Å². The van der Waals surface area contributed by atoms with E-state index in [2.05, 4.69) is 96.2 Å². The van der Waals surface area contributed by atoms with Crippen molar-refractivity contribution in [3.05, 3.63) is 60.3 Å². The average molecular weight is 891 g/mol. The molecule has 1 aliphatic heterocycles. The average Bonchev–Trinajstić information content (AvgIpc) is 3.64. The Morgan fingerprint density at radius 3 is 2.09 bits per heavy atom. The summed E-state index contributed by atoms with van der Waals surface area (Å²) in [6.07, 6.45) is 42.1. The molecule has 13 unspecified atom stereocenters. The quantitative estimate of drug-likeness (QED) is 0.0428. The number of hydrogen-bond acceptors (Lipinski definition) is 7. The summed E-state index contributed by atoms with van der Waals surface area (Å²) in [5.41, 5.74) is 2.13. The molecule has 13 atom stereocenters. The molecule has 1 saturated heterocycles. The number of allylic oxidation sites excluding steroid dienone is 9. The molecule has 0 aromatic heterocycles. The van der Waals surface area contributed by atoms with Crippen molar-refractivity contribution in [1.29, 1.82) is 0 Å². The summed E-state index contributed by atoms with van der Waals surface area (Å²) in [4.78, 5) is 12.7. The van der Waals surface area contributed by atoms with Gasteiger partial charge in [-0.3, -0.25) is 4.79 Å². The minimum Gasteiger partial charge on any atom is -0.463 e. The van der Waals surface area contributed by atoms with Crippen LogP contribution in [0.2, 0.25) is 0 Å². The minimum absolute atomic E-state index is 0.145. The first kappa shape index (κ1) is 52.9. The van der Waals surface area contributed by atoms with E-state index < -0.39 is 30.7 Å². The fourth-order valence-corrected chi connectivity index (χ4v) is 13.1. The number of carbonyl (C=O) groups excluding carboxylic acids is 1. The predicted molar refractivity (Wildman–Crippen MR) is 262 cm³/mol. The first-order valence-electron chi connectivity index (χ1n) is 26.7.